The Morgan fingerprint density at radius 3 is 2.06 bits per heavy atom. The van der Waals surface area contributed by atoms with Crippen LogP contribution in [0.1, 0.15) is 25.8 Å². The molecule has 2 aromatic rings. The van der Waals surface area contributed by atoms with Crippen molar-refractivity contribution in [2.45, 2.75) is 50.3 Å². The van der Waals surface area contributed by atoms with Gasteiger partial charge in [-0.25, -0.2) is 17.6 Å². The SMILES string of the molecule is CC(C)(C#N)NC(=O)[C@H](CC(F)(F)Cc1ccc(F)cc1)NCC(F)(F)Oc1ccc(F)cc1. The minimum absolute atomic E-state index is 0.0767. The van der Waals surface area contributed by atoms with E-state index in [1.54, 1.807) is 6.07 Å². The molecule has 0 saturated heterocycles. The number of hydrogen-bond acceptors (Lipinski definition) is 4. The topological polar surface area (TPSA) is 74.2 Å². The number of ether oxygens (including phenoxy) is 1. The van der Waals surface area contributed by atoms with Crippen molar-refractivity contribution in [1.29, 1.82) is 5.26 Å². The molecular formula is C23H23F6N3O2. The first kappa shape index (κ1) is 27.0. The molecule has 11 heteroatoms. The maximum Gasteiger partial charge on any atom is 0.410 e. The lowest BCUT2D eigenvalue weighted by molar-refractivity contribution is -0.174. The summed E-state index contributed by atoms with van der Waals surface area (Å²) in [6, 6.07) is 7.93. The van der Waals surface area contributed by atoms with E-state index in [1.165, 1.54) is 13.8 Å². The summed E-state index contributed by atoms with van der Waals surface area (Å²) in [5, 5.41) is 13.4. The Morgan fingerprint density at radius 2 is 1.53 bits per heavy atom. The predicted octanol–water partition coefficient (Wildman–Crippen LogP) is 4.58. The third-order valence-electron chi connectivity index (χ3n) is 4.55. The Balaban J connectivity index is 2.14. The predicted molar refractivity (Wildman–Crippen MR) is 111 cm³/mol. The molecule has 5 nitrogen and oxygen atoms in total. The zero-order valence-corrected chi connectivity index (χ0v) is 18.3. The average molecular weight is 487 g/mol. The van der Waals surface area contributed by atoms with Crippen LogP contribution >= 0.6 is 0 Å². The molecule has 0 fully saturated rings. The van der Waals surface area contributed by atoms with Crippen molar-refractivity contribution in [3.63, 3.8) is 0 Å². The minimum Gasteiger partial charge on any atom is -0.432 e. The smallest absolute Gasteiger partial charge is 0.410 e. The zero-order valence-electron chi connectivity index (χ0n) is 18.3. The van der Waals surface area contributed by atoms with E-state index in [1.807, 2.05) is 0 Å². The molecule has 1 amide bonds. The van der Waals surface area contributed by atoms with Crippen LogP contribution in [0.25, 0.3) is 0 Å². The summed E-state index contributed by atoms with van der Waals surface area (Å²) in [4.78, 5) is 12.6. The van der Waals surface area contributed by atoms with E-state index >= 15 is 0 Å². The Labute approximate surface area is 192 Å². The fourth-order valence-electron chi connectivity index (χ4n) is 2.91. The van der Waals surface area contributed by atoms with Gasteiger partial charge >= 0.3 is 6.11 Å². The largest absolute Gasteiger partial charge is 0.432 e. The molecule has 34 heavy (non-hydrogen) atoms. The van der Waals surface area contributed by atoms with Gasteiger partial charge in [-0.05, 0) is 55.8 Å². The van der Waals surface area contributed by atoms with Gasteiger partial charge in [-0.3, -0.25) is 10.1 Å². The molecule has 0 aliphatic rings. The fourth-order valence-corrected chi connectivity index (χ4v) is 2.91. The van der Waals surface area contributed by atoms with E-state index in [0.717, 1.165) is 48.5 Å². The molecule has 0 aliphatic carbocycles. The van der Waals surface area contributed by atoms with Crippen molar-refractivity contribution in [3.05, 3.63) is 65.7 Å². The molecule has 184 valence electrons. The summed E-state index contributed by atoms with van der Waals surface area (Å²) < 4.78 is 88.4. The Hall–Kier alpha value is -3.26. The van der Waals surface area contributed by atoms with Crippen LogP contribution in [-0.4, -0.2) is 36.1 Å². The number of benzene rings is 2. The van der Waals surface area contributed by atoms with Gasteiger partial charge in [0.15, 0.2) is 0 Å². The molecular weight excluding hydrogens is 464 g/mol. The summed E-state index contributed by atoms with van der Waals surface area (Å²) in [7, 11) is 0. The van der Waals surface area contributed by atoms with Gasteiger partial charge in [0, 0.05) is 12.8 Å². The normalized spacial score (nSPS) is 13.1. The number of alkyl halides is 4. The highest BCUT2D eigenvalue weighted by atomic mass is 19.3. The van der Waals surface area contributed by atoms with Gasteiger partial charge in [-0.2, -0.15) is 14.0 Å². The minimum atomic E-state index is -3.94. The van der Waals surface area contributed by atoms with Crippen molar-refractivity contribution >= 4 is 5.91 Å². The summed E-state index contributed by atoms with van der Waals surface area (Å²) in [6.45, 7) is 1.29. The highest BCUT2D eigenvalue weighted by molar-refractivity contribution is 5.82. The number of hydrogen-bond donors (Lipinski definition) is 2. The van der Waals surface area contributed by atoms with Crippen molar-refractivity contribution in [2.24, 2.45) is 0 Å². The standard InChI is InChI=1S/C23H23F6N3O2/c1-21(2,13-30)32-20(33)19(12-22(26,27)11-15-3-5-16(24)6-4-15)31-14-23(28,29)34-18-9-7-17(25)8-10-18/h3-10,19,31H,11-12,14H2,1-2H3,(H,32,33)/t19-/m0/s1. The lowest BCUT2D eigenvalue weighted by atomic mass is 9.99. The van der Waals surface area contributed by atoms with Crippen molar-refractivity contribution in [2.75, 3.05) is 6.54 Å². The maximum atomic E-state index is 14.7. The number of nitrogens with one attached hydrogen (secondary N) is 2. The second-order valence-corrected chi connectivity index (χ2v) is 8.22. The van der Waals surface area contributed by atoms with Gasteiger partial charge in [0.2, 0.25) is 5.91 Å². The second-order valence-electron chi connectivity index (χ2n) is 8.22. The number of nitrogens with zero attached hydrogens (tertiary/aromatic N) is 1. The number of carbonyl (C=O) groups is 1. The molecule has 0 aliphatic heterocycles. The number of nitriles is 1. The molecule has 0 bridgehead atoms. The molecule has 2 rings (SSSR count). The first-order valence-electron chi connectivity index (χ1n) is 10.1. The third kappa shape index (κ3) is 8.94. The Kier molecular flexibility index (Phi) is 8.56. The summed E-state index contributed by atoms with van der Waals surface area (Å²) in [5.41, 5.74) is -1.37. The van der Waals surface area contributed by atoms with Crippen LogP contribution in [0.5, 0.6) is 5.75 Å². The van der Waals surface area contributed by atoms with Crippen LogP contribution in [0.3, 0.4) is 0 Å². The van der Waals surface area contributed by atoms with E-state index < -0.39 is 60.5 Å². The third-order valence-corrected chi connectivity index (χ3v) is 4.55. The van der Waals surface area contributed by atoms with Gasteiger partial charge < -0.3 is 10.1 Å². The first-order chi connectivity index (χ1) is 15.7. The molecule has 0 aromatic heterocycles. The highest BCUT2D eigenvalue weighted by Crippen LogP contribution is 2.27. The summed E-state index contributed by atoms with van der Waals surface area (Å²) in [6.07, 6.45) is -6.00. The summed E-state index contributed by atoms with van der Waals surface area (Å²) in [5.74, 6) is -6.30. The molecule has 2 N–H and O–H groups in total. The molecule has 2 aromatic carbocycles. The molecule has 0 unspecified atom stereocenters. The van der Waals surface area contributed by atoms with Crippen LogP contribution in [0.4, 0.5) is 26.3 Å². The lowest BCUT2D eigenvalue weighted by Crippen LogP contribution is -2.55. The Bertz CT molecular complexity index is 1000. The molecule has 0 spiro atoms. The fraction of sp³-hybridized carbons (Fsp3) is 0.391. The van der Waals surface area contributed by atoms with E-state index in [2.05, 4.69) is 15.4 Å². The second kappa shape index (κ2) is 10.8. The number of carbonyl (C=O) groups excluding carboxylic acids is 1. The monoisotopic (exact) mass is 487 g/mol. The highest BCUT2D eigenvalue weighted by Gasteiger charge is 2.40. The maximum absolute atomic E-state index is 14.7. The molecule has 0 radical (unpaired) electrons. The van der Waals surface area contributed by atoms with Crippen molar-refractivity contribution < 1.29 is 35.9 Å². The lowest BCUT2D eigenvalue weighted by Gasteiger charge is -2.28. The van der Waals surface area contributed by atoms with E-state index in [9.17, 15) is 31.1 Å². The Morgan fingerprint density at radius 1 is 1.00 bits per heavy atom. The number of amides is 1. The van der Waals surface area contributed by atoms with Crippen molar-refractivity contribution in [3.8, 4) is 11.8 Å². The molecule has 0 saturated carbocycles. The van der Waals surface area contributed by atoms with E-state index in [-0.39, 0.29) is 11.3 Å². The average Bonchev–Trinajstić information content (AvgIpc) is 2.74. The molecule has 1 atom stereocenters. The molecule has 0 heterocycles. The van der Waals surface area contributed by atoms with Crippen LogP contribution in [-0.2, 0) is 11.2 Å². The van der Waals surface area contributed by atoms with Crippen LogP contribution < -0.4 is 15.4 Å². The first-order valence-corrected chi connectivity index (χ1v) is 10.1. The summed E-state index contributed by atoms with van der Waals surface area (Å²) >= 11 is 0. The van der Waals surface area contributed by atoms with Gasteiger partial charge in [0.1, 0.15) is 29.5 Å². The van der Waals surface area contributed by atoms with E-state index in [0.29, 0.717) is 0 Å². The van der Waals surface area contributed by atoms with E-state index in [4.69, 9.17) is 5.26 Å². The van der Waals surface area contributed by atoms with Crippen molar-refractivity contribution in [1.82, 2.24) is 10.6 Å². The van der Waals surface area contributed by atoms with Crippen LogP contribution in [0.2, 0.25) is 0 Å². The quantitative estimate of drug-likeness (QED) is 0.455. The zero-order chi connectivity index (χ0) is 25.6. The van der Waals surface area contributed by atoms with Gasteiger partial charge in [-0.1, -0.05) is 12.1 Å². The van der Waals surface area contributed by atoms with Gasteiger partial charge in [0.25, 0.3) is 5.92 Å². The van der Waals surface area contributed by atoms with Gasteiger partial charge in [-0.15, -0.1) is 0 Å². The van der Waals surface area contributed by atoms with Crippen LogP contribution in [0.15, 0.2) is 48.5 Å². The number of rotatable bonds is 11. The van der Waals surface area contributed by atoms with Crippen LogP contribution in [0, 0.1) is 23.0 Å². The number of halogens is 6. The van der Waals surface area contributed by atoms with Gasteiger partial charge in [0.05, 0.1) is 12.1 Å².